The summed E-state index contributed by atoms with van der Waals surface area (Å²) in [6.45, 7) is 1.34. The van der Waals surface area contributed by atoms with E-state index in [9.17, 15) is 4.79 Å². The highest BCUT2D eigenvalue weighted by Crippen LogP contribution is 2.24. The second-order valence-corrected chi connectivity index (χ2v) is 7.10. The molecule has 30 heavy (non-hydrogen) atoms. The van der Waals surface area contributed by atoms with Gasteiger partial charge in [0.2, 0.25) is 5.95 Å². The van der Waals surface area contributed by atoms with Crippen molar-refractivity contribution in [3.05, 3.63) is 90.0 Å². The summed E-state index contributed by atoms with van der Waals surface area (Å²) in [6, 6.07) is 16.0. The third kappa shape index (κ3) is 3.53. The number of carbonyl (C=O) groups is 1. The Morgan fingerprint density at radius 3 is 2.70 bits per heavy atom. The van der Waals surface area contributed by atoms with Crippen molar-refractivity contribution in [1.29, 1.82) is 0 Å². The van der Waals surface area contributed by atoms with Crippen molar-refractivity contribution < 1.29 is 4.79 Å². The van der Waals surface area contributed by atoms with E-state index in [1.54, 1.807) is 18.6 Å². The van der Waals surface area contributed by atoms with Crippen LogP contribution in [0, 0.1) is 0 Å². The number of amides is 1. The topological polar surface area (TPSA) is 84.7 Å². The third-order valence-corrected chi connectivity index (χ3v) is 5.14. The minimum atomic E-state index is -0.0306. The molecule has 1 amide bonds. The predicted molar refractivity (Wildman–Crippen MR) is 114 cm³/mol. The van der Waals surface area contributed by atoms with E-state index in [0.29, 0.717) is 19.0 Å². The highest BCUT2D eigenvalue weighted by atomic mass is 16.1. The molecular weight excluding hydrogens is 376 g/mol. The lowest BCUT2D eigenvalue weighted by Gasteiger charge is -2.18. The van der Waals surface area contributed by atoms with E-state index in [-0.39, 0.29) is 5.91 Å². The van der Waals surface area contributed by atoms with Crippen molar-refractivity contribution in [1.82, 2.24) is 24.8 Å². The molecule has 0 saturated heterocycles. The van der Waals surface area contributed by atoms with Gasteiger partial charge in [0.1, 0.15) is 5.82 Å². The van der Waals surface area contributed by atoms with Crippen LogP contribution in [0.5, 0.6) is 0 Å². The molecule has 4 aromatic rings. The lowest BCUT2D eigenvalue weighted by Crippen LogP contribution is -2.31. The van der Waals surface area contributed by atoms with Gasteiger partial charge in [-0.1, -0.05) is 36.4 Å². The standard InChI is InChI=1S/C23H20N6O/c30-22-20-12-19(7-6-17(20)8-9-25-22)29-11-10-24-21(29)18-14-27-23(28-15-18)26-13-16-4-2-1-3-5-16/h1-7,10-12,14-15H,8-9,13H2,(H,25,30)(H,26,27,28). The molecule has 0 bridgehead atoms. The summed E-state index contributed by atoms with van der Waals surface area (Å²) in [6.07, 6.45) is 7.97. The molecule has 7 heteroatoms. The number of hydrogen-bond donors (Lipinski definition) is 2. The van der Waals surface area contributed by atoms with Crippen molar-refractivity contribution in [2.24, 2.45) is 0 Å². The quantitative estimate of drug-likeness (QED) is 0.541. The average molecular weight is 396 g/mol. The van der Waals surface area contributed by atoms with Gasteiger partial charge in [0, 0.05) is 49.1 Å². The number of hydrogen-bond acceptors (Lipinski definition) is 5. The Morgan fingerprint density at radius 2 is 1.87 bits per heavy atom. The van der Waals surface area contributed by atoms with Gasteiger partial charge in [-0.05, 0) is 29.7 Å². The van der Waals surface area contributed by atoms with Crippen molar-refractivity contribution in [3.63, 3.8) is 0 Å². The maximum atomic E-state index is 12.2. The van der Waals surface area contributed by atoms with Crippen LogP contribution in [0.1, 0.15) is 21.5 Å². The number of nitrogens with zero attached hydrogens (tertiary/aromatic N) is 4. The van der Waals surface area contributed by atoms with Crippen molar-refractivity contribution in [2.45, 2.75) is 13.0 Å². The molecule has 0 fully saturated rings. The Balaban J connectivity index is 1.38. The summed E-state index contributed by atoms with van der Waals surface area (Å²) in [4.78, 5) is 25.5. The van der Waals surface area contributed by atoms with Gasteiger partial charge in [0.15, 0.2) is 0 Å². The maximum Gasteiger partial charge on any atom is 0.251 e. The van der Waals surface area contributed by atoms with Crippen LogP contribution in [-0.2, 0) is 13.0 Å². The monoisotopic (exact) mass is 396 g/mol. The molecule has 0 saturated carbocycles. The van der Waals surface area contributed by atoms with E-state index >= 15 is 0 Å². The molecule has 3 heterocycles. The van der Waals surface area contributed by atoms with Crippen LogP contribution in [0.4, 0.5) is 5.95 Å². The minimum absolute atomic E-state index is 0.0306. The summed E-state index contributed by atoms with van der Waals surface area (Å²) in [5.74, 6) is 1.25. The van der Waals surface area contributed by atoms with Crippen LogP contribution in [0.15, 0.2) is 73.3 Å². The largest absolute Gasteiger partial charge is 0.352 e. The van der Waals surface area contributed by atoms with Crippen LogP contribution < -0.4 is 10.6 Å². The number of aromatic nitrogens is 4. The Bertz CT molecular complexity index is 1180. The second-order valence-electron chi connectivity index (χ2n) is 7.10. The molecule has 2 aromatic heterocycles. The Morgan fingerprint density at radius 1 is 1.03 bits per heavy atom. The van der Waals surface area contributed by atoms with Gasteiger partial charge in [0.25, 0.3) is 5.91 Å². The number of imidazole rings is 1. The molecular formula is C23H20N6O. The summed E-state index contributed by atoms with van der Waals surface area (Å²) >= 11 is 0. The third-order valence-electron chi connectivity index (χ3n) is 5.14. The molecule has 148 valence electrons. The fourth-order valence-electron chi connectivity index (χ4n) is 3.59. The van der Waals surface area contributed by atoms with Crippen molar-refractivity contribution in [3.8, 4) is 17.1 Å². The summed E-state index contributed by atoms with van der Waals surface area (Å²) in [5.41, 5.74) is 4.63. The van der Waals surface area contributed by atoms with Crippen LogP contribution in [-0.4, -0.2) is 32.0 Å². The Kier molecular flexibility index (Phi) is 4.69. The SMILES string of the molecule is O=C1NCCc2ccc(-n3ccnc3-c3cnc(NCc4ccccc4)nc3)cc21. The number of anilines is 1. The van der Waals surface area contributed by atoms with Gasteiger partial charge < -0.3 is 10.6 Å². The fraction of sp³-hybridized carbons (Fsp3) is 0.130. The maximum absolute atomic E-state index is 12.2. The molecule has 0 unspecified atom stereocenters. The summed E-state index contributed by atoms with van der Waals surface area (Å²) in [5, 5.41) is 6.12. The number of benzene rings is 2. The Hall–Kier alpha value is -4.00. The molecule has 5 rings (SSSR count). The van der Waals surface area contributed by atoms with Crippen molar-refractivity contribution >= 4 is 11.9 Å². The smallest absolute Gasteiger partial charge is 0.251 e. The molecule has 0 spiro atoms. The minimum Gasteiger partial charge on any atom is -0.352 e. The van der Waals surface area contributed by atoms with E-state index in [1.807, 2.05) is 47.2 Å². The number of fused-ring (bicyclic) bond motifs is 1. The van der Waals surface area contributed by atoms with Gasteiger partial charge >= 0.3 is 0 Å². The van der Waals surface area contributed by atoms with Crippen LogP contribution in [0.25, 0.3) is 17.1 Å². The van der Waals surface area contributed by atoms with E-state index in [0.717, 1.165) is 40.2 Å². The molecule has 2 aromatic carbocycles. The van der Waals surface area contributed by atoms with E-state index < -0.39 is 0 Å². The first-order chi connectivity index (χ1) is 14.8. The zero-order valence-electron chi connectivity index (χ0n) is 16.2. The zero-order chi connectivity index (χ0) is 20.3. The second kappa shape index (κ2) is 7.79. The molecule has 0 radical (unpaired) electrons. The van der Waals surface area contributed by atoms with E-state index in [4.69, 9.17) is 0 Å². The number of nitrogens with one attached hydrogen (secondary N) is 2. The molecule has 1 aliphatic heterocycles. The highest BCUT2D eigenvalue weighted by molar-refractivity contribution is 5.97. The highest BCUT2D eigenvalue weighted by Gasteiger charge is 2.18. The lowest BCUT2D eigenvalue weighted by atomic mass is 10.00. The number of rotatable bonds is 5. The van der Waals surface area contributed by atoms with Gasteiger partial charge in [-0.15, -0.1) is 0 Å². The van der Waals surface area contributed by atoms with Gasteiger partial charge in [-0.2, -0.15) is 0 Å². The summed E-state index contributed by atoms with van der Waals surface area (Å²) in [7, 11) is 0. The first kappa shape index (κ1) is 18.1. The van der Waals surface area contributed by atoms with E-state index in [1.165, 1.54) is 0 Å². The van der Waals surface area contributed by atoms with Crippen molar-refractivity contribution in [2.75, 3.05) is 11.9 Å². The van der Waals surface area contributed by atoms with Gasteiger partial charge in [0.05, 0.1) is 5.56 Å². The van der Waals surface area contributed by atoms with E-state index in [2.05, 4.69) is 37.7 Å². The van der Waals surface area contributed by atoms with Gasteiger partial charge in [-0.25, -0.2) is 15.0 Å². The molecule has 1 aliphatic rings. The molecule has 0 atom stereocenters. The average Bonchev–Trinajstić information content (AvgIpc) is 3.29. The Labute approximate surface area is 173 Å². The van der Waals surface area contributed by atoms with Gasteiger partial charge in [-0.3, -0.25) is 9.36 Å². The molecule has 0 aliphatic carbocycles. The van der Waals surface area contributed by atoms with Crippen LogP contribution in [0.2, 0.25) is 0 Å². The first-order valence-corrected chi connectivity index (χ1v) is 9.83. The number of carbonyl (C=O) groups excluding carboxylic acids is 1. The first-order valence-electron chi connectivity index (χ1n) is 9.83. The van der Waals surface area contributed by atoms with Crippen LogP contribution >= 0.6 is 0 Å². The molecule has 2 N–H and O–H groups in total. The fourth-order valence-corrected chi connectivity index (χ4v) is 3.59. The normalized spacial score (nSPS) is 12.9. The lowest BCUT2D eigenvalue weighted by molar-refractivity contribution is 0.0946. The molecule has 7 nitrogen and oxygen atoms in total. The van der Waals surface area contributed by atoms with Crippen LogP contribution in [0.3, 0.4) is 0 Å². The zero-order valence-corrected chi connectivity index (χ0v) is 16.2. The summed E-state index contributed by atoms with van der Waals surface area (Å²) < 4.78 is 1.94. The predicted octanol–water partition coefficient (Wildman–Crippen LogP) is 3.23.